The van der Waals surface area contributed by atoms with Crippen molar-refractivity contribution >= 4 is 60.4 Å². The molecule has 2 aliphatic rings. The predicted molar refractivity (Wildman–Crippen MR) is 208 cm³/mol. The van der Waals surface area contributed by atoms with Crippen molar-refractivity contribution in [2.45, 2.75) is 69.2 Å². The highest BCUT2D eigenvalue weighted by Gasteiger charge is 2.33. The number of rotatable bonds is 15. The number of fused-ring (bicyclic) bond motifs is 1. The number of sulfone groups is 1. The standard InChI is InChI=1S/C38H46F3N5O8S2/c1-53-37(50)31(13-14-34(42)48)45-36(49)24-7-12-29(32(22-24)54-19-18-47)43-15-3-6-33-28(23-38(39,40)41)27-4-2-5-30(35(27)55-33)44-25-8-10-26(11-9-25)46-16-20-56(51,52)21-17-46/h2,4-5,7,12,22,25-26,31,43-44,47H,8-11,13-21,23H2,1H3,(H2,42,48)(H,45,49). The third-order valence-electron chi connectivity index (χ3n) is 9.78. The van der Waals surface area contributed by atoms with Crippen molar-refractivity contribution in [3.05, 3.63) is 52.4 Å². The Morgan fingerprint density at radius 2 is 1.82 bits per heavy atom. The number of nitrogens with two attached hydrogens (primary N) is 1. The van der Waals surface area contributed by atoms with Gasteiger partial charge in [-0.1, -0.05) is 24.0 Å². The average molecular weight is 822 g/mol. The SMILES string of the molecule is COC(=O)C(CCC(N)=O)NC(=O)c1ccc(NCC#Cc2sc3c(NC4CCC(N5CCS(=O)(=O)CC5)CC4)cccc3c2CC(F)(F)F)c(OCCO)c1. The number of hydrogen-bond donors (Lipinski definition) is 5. The molecule has 0 radical (unpaired) electrons. The predicted octanol–water partition coefficient (Wildman–Crippen LogP) is 3.83. The number of esters is 1. The number of nitrogens with zero attached hydrogens (tertiary/aromatic N) is 1. The molecule has 1 saturated heterocycles. The summed E-state index contributed by atoms with van der Waals surface area (Å²) >= 11 is 1.20. The molecule has 0 spiro atoms. The number of carbonyl (C=O) groups excluding carboxylic acids is 3. The second-order valence-electron chi connectivity index (χ2n) is 13.7. The minimum atomic E-state index is -4.47. The van der Waals surface area contributed by atoms with E-state index in [0.29, 0.717) is 34.9 Å². The van der Waals surface area contributed by atoms with Gasteiger partial charge < -0.3 is 36.3 Å². The first-order valence-corrected chi connectivity index (χ1v) is 20.9. The highest BCUT2D eigenvalue weighted by Crippen LogP contribution is 2.40. The average Bonchev–Trinajstić information content (AvgIpc) is 3.50. The van der Waals surface area contributed by atoms with Gasteiger partial charge in [0.1, 0.15) is 18.4 Å². The van der Waals surface area contributed by atoms with Gasteiger partial charge in [0.2, 0.25) is 5.91 Å². The van der Waals surface area contributed by atoms with Gasteiger partial charge in [0.05, 0.1) is 59.1 Å². The maximum Gasteiger partial charge on any atom is 0.393 e. The maximum atomic E-state index is 13.9. The van der Waals surface area contributed by atoms with E-state index < -0.39 is 46.3 Å². The summed E-state index contributed by atoms with van der Waals surface area (Å²) in [6, 6.07) is 8.95. The van der Waals surface area contributed by atoms with Gasteiger partial charge in [-0.3, -0.25) is 14.5 Å². The van der Waals surface area contributed by atoms with E-state index in [9.17, 15) is 41.1 Å². The van der Waals surface area contributed by atoms with Gasteiger partial charge in [0.15, 0.2) is 9.84 Å². The summed E-state index contributed by atoms with van der Waals surface area (Å²) in [5.74, 6) is 4.32. The molecule has 1 aromatic heterocycles. The monoisotopic (exact) mass is 821 g/mol. The van der Waals surface area contributed by atoms with Crippen molar-refractivity contribution in [1.29, 1.82) is 0 Å². The van der Waals surface area contributed by atoms with E-state index in [-0.39, 0.29) is 71.9 Å². The van der Waals surface area contributed by atoms with Crippen molar-refractivity contribution in [3.8, 4) is 17.6 Å². The lowest BCUT2D eigenvalue weighted by atomic mass is 9.90. The van der Waals surface area contributed by atoms with Gasteiger partial charge in [-0.05, 0) is 67.3 Å². The minimum Gasteiger partial charge on any atom is -0.489 e. The highest BCUT2D eigenvalue weighted by molar-refractivity contribution is 7.91. The van der Waals surface area contributed by atoms with E-state index in [1.165, 1.54) is 29.5 Å². The number of methoxy groups -OCH3 is 1. The van der Waals surface area contributed by atoms with Crippen LogP contribution >= 0.6 is 11.3 Å². The number of aliphatic hydroxyl groups is 1. The molecule has 1 unspecified atom stereocenters. The van der Waals surface area contributed by atoms with Crippen LogP contribution in [0.4, 0.5) is 24.5 Å². The topological polar surface area (TPSA) is 189 Å². The van der Waals surface area contributed by atoms with Crippen molar-refractivity contribution in [2.75, 3.05) is 62.1 Å². The van der Waals surface area contributed by atoms with Gasteiger partial charge in [0.25, 0.3) is 5.91 Å². The number of aliphatic hydroxyl groups excluding tert-OH is 1. The zero-order valence-corrected chi connectivity index (χ0v) is 32.5. The number of halogens is 3. The zero-order chi connectivity index (χ0) is 40.5. The van der Waals surface area contributed by atoms with Crippen LogP contribution in [0.1, 0.15) is 59.3 Å². The van der Waals surface area contributed by atoms with E-state index in [1.54, 1.807) is 12.1 Å². The molecule has 2 aromatic carbocycles. The molecule has 5 rings (SSSR count). The third kappa shape index (κ3) is 11.7. The molecule has 2 amide bonds. The number of primary amides is 1. The Kier molecular flexibility index (Phi) is 14.5. The smallest absolute Gasteiger partial charge is 0.393 e. The van der Waals surface area contributed by atoms with Crippen LogP contribution < -0.4 is 26.4 Å². The Balaban J connectivity index is 1.29. The Bertz CT molecular complexity index is 2040. The summed E-state index contributed by atoms with van der Waals surface area (Å²) in [4.78, 5) is 39.0. The van der Waals surface area contributed by atoms with Crippen LogP contribution in [0, 0.1) is 11.8 Å². The van der Waals surface area contributed by atoms with Crippen LogP contribution in [0.5, 0.6) is 5.75 Å². The maximum absolute atomic E-state index is 13.9. The lowest BCUT2D eigenvalue weighted by Gasteiger charge is -2.39. The summed E-state index contributed by atoms with van der Waals surface area (Å²) in [6.45, 7) is 0.653. The fourth-order valence-electron chi connectivity index (χ4n) is 6.93. The molecule has 6 N–H and O–H groups in total. The summed E-state index contributed by atoms with van der Waals surface area (Å²) in [5.41, 5.74) is 6.52. The van der Waals surface area contributed by atoms with Crippen LogP contribution in [0.2, 0.25) is 0 Å². The number of anilines is 2. The Hall–Kier alpha value is -4.57. The highest BCUT2D eigenvalue weighted by atomic mass is 32.2. The van der Waals surface area contributed by atoms with E-state index in [2.05, 4.69) is 32.7 Å². The number of ether oxygens (including phenoxy) is 2. The quantitative estimate of drug-likeness (QED) is 0.111. The minimum absolute atomic E-state index is 0.00441. The van der Waals surface area contributed by atoms with Crippen molar-refractivity contribution < 1.29 is 50.6 Å². The van der Waals surface area contributed by atoms with E-state index in [1.807, 2.05) is 6.07 Å². The molecule has 304 valence electrons. The second-order valence-corrected chi connectivity index (χ2v) is 17.0. The van der Waals surface area contributed by atoms with Crippen LogP contribution in [0.25, 0.3) is 10.1 Å². The van der Waals surface area contributed by atoms with E-state index in [0.717, 1.165) is 38.5 Å². The molecule has 1 aliphatic heterocycles. The molecule has 1 aliphatic carbocycles. The Morgan fingerprint density at radius 1 is 1.09 bits per heavy atom. The molecule has 56 heavy (non-hydrogen) atoms. The van der Waals surface area contributed by atoms with Crippen molar-refractivity contribution in [1.82, 2.24) is 10.2 Å². The van der Waals surface area contributed by atoms with Crippen LogP contribution in [-0.2, 0) is 30.6 Å². The van der Waals surface area contributed by atoms with E-state index in [4.69, 9.17) is 15.2 Å². The zero-order valence-electron chi connectivity index (χ0n) is 30.9. The summed E-state index contributed by atoms with van der Waals surface area (Å²) in [7, 11) is -1.81. The fraction of sp³-hybridized carbons (Fsp3) is 0.500. The Morgan fingerprint density at radius 3 is 2.48 bits per heavy atom. The molecule has 1 saturated carbocycles. The molecule has 0 bridgehead atoms. The van der Waals surface area contributed by atoms with Gasteiger partial charge >= 0.3 is 12.1 Å². The normalized spacial score (nSPS) is 18.9. The number of amides is 2. The van der Waals surface area contributed by atoms with Crippen LogP contribution in [0.15, 0.2) is 36.4 Å². The molecule has 2 fully saturated rings. The number of nitrogens with one attached hydrogen (secondary N) is 3. The molecule has 1 atom stereocenters. The van der Waals surface area contributed by atoms with Crippen molar-refractivity contribution in [3.63, 3.8) is 0 Å². The summed E-state index contributed by atoms with van der Waals surface area (Å²) in [6.07, 6.45) is -2.34. The van der Waals surface area contributed by atoms with Gasteiger partial charge in [-0.2, -0.15) is 13.2 Å². The first-order chi connectivity index (χ1) is 26.7. The number of thiophene rings is 1. The fourth-order valence-corrected chi connectivity index (χ4v) is 9.33. The van der Waals surface area contributed by atoms with Crippen molar-refractivity contribution in [2.24, 2.45) is 5.73 Å². The third-order valence-corrected chi connectivity index (χ3v) is 12.6. The van der Waals surface area contributed by atoms with Crippen LogP contribution in [-0.4, -0.2) is 112 Å². The lowest BCUT2D eigenvalue weighted by Crippen LogP contribution is -2.48. The van der Waals surface area contributed by atoms with Gasteiger partial charge in [-0.25, -0.2) is 13.2 Å². The summed E-state index contributed by atoms with van der Waals surface area (Å²) < 4.78 is 76.4. The molecule has 13 nitrogen and oxygen atoms in total. The molecular formula is C38H46F3N5O8S2. The number of hydrogen-bond acceptors (Lipinski definition) is 12. The van der Waals surface area contributed by atoms with Crippen LogP contribution in [0.3, 0.4) is 0 Å². The molecule has 3 aromatic rings. The molecule has 2 heterocycles. The molecule has 18 heteroatoms. The Labute approximate surface area is 327 Å². The van der Waals surface area contributed by atoms with Gasteiger partial charge in [-0.15, -0.1) is 11.3 Å². The number of alkyl halides is 3. The summed E-state index contributed by atoms with van der Waals surface area (Å²) in [5, 5.41) is 19.0. The largest absolute Gasteiger partial charge is 0.489 e. The number of carbonyl (C=O) groups is 3. The second kappa shape index (κ2) is 19.0. The first kappa shape index (κ1) is 42.6. The lowest BCUT2D eigenvalue weighted by molar-refractivity contribution is -0.143. The molecular weight excluding hydrogens is 776 g/mol. The first-order valence-electron chi connectivity index (χ1n) is 18.3. The number of benzene rings is 2. The van der Waals surface area contributed by atoms with E-state index >= 15 is 0 Å². The van der Waals surface area contributed by atoms with Gasteiger partial charge in [0, 0.05) is 37.2 Å².